The molecule has 1 aromatic heterocycles. The molecule has 4 heteroatoms. The Morgan fingerprint density at radius 3 is 2.87 bits per heavy atom. The van der Waals surface area contributed by atoms with E-state index in [0.29, 0.717) is 13.1 Å². The van der Waals surface area contributed by atoms with Gasteiger partial charge in [0.25, 0.3) is 0 Å². The molecule has 1 aromatic carbocycles. The summed E-state index contributed by atoms with van der Waals surface area (Å²) in [5, 5.41) is 0. The molecule has 0 aliphatic carbocycles. The van der Waals surface area contributed by atoms with Crippen molar-refractivity contribution in [1.82, 2.24) is 9.55 Å². The fourth-order valence-corrected chi connectivity index (χ4v) is 1.52. The first-order valence-electron chi connectivity index (χ1n) is 4.72. The number of halogens is 1. The molecule has 0 saturated heterocycles. The van der Waals surface area contributed by atoms with Crippen molar-refractivity contribution >= 4 is 0 Å². The van der Waals surface area contributed by atoms with Crippen LogP contribution < -0.4 is 5.73 Å². The molecule has 0 bridgehead atoms. The molecular formula is C11H12FN3. The maximum absolute atomic E-state index is 13.0. The van der Waals surface area contributed by atoms with Crippen LogP contribution in [0.2, 0.25) is 0 Å². The number of aromatic nitrogens is 2. The predicted molar refractivity (Wildman–Crippen MR) is 55.6 cm³/mol. The van der Waals surface area contributed by atoms with Crippen LogP contribution in [0.1, 0.15) is 11.1 Å². The monoisotopic (exact) mass is 205 g/mol. The van der Waals surface area contributed by atoms with Crippen molar-refractivity contribution in [3.8, 4) is 0 Å². The van der Waals surface area contributed by atoms with E-state index in [0.717, 1.165) is 11.1 Å². The summed E-state index contributed by atoms with van der Waals surface area (Å²) in [7, 11) is 0. The highest BCUT2D eigenvalue weighted by Crippen LogP contribution is 2.12. The number of hydrogen-bond acceptors (Lipinski definition) is 2. The molecule has 0 radical (unpaired) electrons. The average molecular weight is 205 g/mol. The molecule has 78 valence electrons. The summed E-state index contributed by atoms with van der Waals surface area (Å²) >= 11 is 0. The lowest BCUT2D eigenvalue weighted by Crippen LogP contribution is -2.05. The highest BCUT2D eigenvalue weighted by atomic mass is 19.1. The zero-order valence-electron chi connectivity index (χ0n) is 8.23. The van der Waals surface area contributed by atoms with Gasteiger partial charge in [-0.1, -0.05) is 6.07 Å². The van der Waals surface area contributed by atoms with E-state index in [-0.39, 0.29) is 5.82 Å². The Kier molecular flexibility index (Phi) is 2.78. The van der Waals surface area contributed by atoms with Gasteiger partial charge < -0.3 is 10.3 Å². The molecule has 0 unspecified atom stereocenters. The first-order valence-corrected chi connectivity index (χ1v) is 4.72. The second kappa shape index (κ2) is 4.23. The summed E-state index contributed by atoms with van der Waals surface area (Å²) < 4.78 is 14.9. The van der Waals surface area contributed by atoms with Gasteiger partial charge in [0.2, 0.25) is 0 Å². The van der Waals surface area contributed by atoms with Crippen molar-refractivity contribution in [2.75, 3.05) is 0 Å². The standard InChI is InChI=1S/C11H12FN3/c12-11-2-1-9(6-13)10(5-11)7-15-4-3-14-8-15/h1-5,8H,6-7,13H2. The van der Waals surface area contributed by atoms with Crippen LogP contribution in [-0.2, 0) is 13.1 Å². The van der Waals surface area contributed by atoms with E-state index in [1.54, 1.807) is 18.6 Å². The fraction of sp³-hybridized carbons (Fsp3) is 0.182. The van der Waals surface area contributed by atoms with E-state index in [2.05, 4.69) is 4.98 Å². The molecule has 15 heavy (non-hydrogen) atoms. The SMILES string of the molecule is NCc1ccc(F)cc1Cn1ccnc1. The van der Waals surface area contributed by atoms with Crippen LogP contribution in [-0.4, -0.2) is 9.55 Å². The Balaban J connectivity index is 2.30. The minimum atomic E-state index is -0.234. The highest BCUT2D eigenvalue weighted by molar-refractivity contribution is 5.28. The van der Waals surface area contributed by atoms with E-state index in [4.69, 9.17) is 5.73 Å². The lowest BCUT2D eigenvalue weighted by atomic mass is 10.1. The number of benzene rings is 1. The van der Waals surface area contributed by atoms with Gasteiger partial charge in [-0.2, -0.15) is 0 Å². The largest absolute Gasteiger partial charge is 0.333 e. The maximum Gasteiger partial charge on any atom is 0.123 e. The molecule has 1 heterocycles. The molecule has 0 aliphatic heterocycles. The van der Waals surface area contributed by atoms with Crippen LogP contribution in [0.3, 0.4) is 0 Å². The van der Waals surface area contributed by atoms with Gasteiger partial charge in [-0.05, 0) is 23.3 Å². The van der Waals surface area contributed by atoms with Crippen LogP contribution in [0.4, 0.5) is 4.39 Å². The lowest BCUT2D eigenvalue weighted by Gasteiger charge is -2.08. The minimum absolute atomic E-state index is 0.234. The van der Waals surface area contributed by atoms with Gasteiger partial charge in [-0.3, -0.25) is 0 Å². The summed E-state index contributed by atoms with van der Waals surface area (Å²) in [6.45, 7) is 1.02. The normalized spacial score (nSPS) is 10.5. The number of imidazole rings is 1. The van der Waals surface area contributed by atoms with E-state index in [1.165, 1.54) is 12.1 Å². The molecule has 2 aromatic rings. The van der Waals surface area contributed by atoms with Gasteiger partial charge >= 0.3 is 0 Å². The van der Waals surface area contributed by atoms with Gasteiger partial charge in [0, 0.05) is 25.5 Å². The van der Waals surface area contributed by atoms with Crippen molar-refractivity contribution in [3.63, 3.8) is 0 Å². The van der Waals surface area contributed by atoms with Crippen LogP contribution in [0.25, 0.3) is 0 Å². The highest BCUT2D eigenvalue weighted by Gasteiger charge is 2.03. The molecule has 2 rings (SSSR count). The summed E-state index contributed by atoms with van der Waals surface area (Å²) in [5.74, 6) is -0.234. The third-order valence-electron chi connectivity index (χ3n) is 2.30. The quantitative estimate of drug-likeness (QED) is 0.825. The van der Waals surface area contributed by atoms with Gasteiger partial charge in [0.15, 0.2) is 0 Å². The van der Waals surface area contributed by atoms with Gasteiger partial charge in [-0.25, -0.2) is 9.37 Å². The molecule has 3 nitrogen and oxygen atoms in total. The zero-order valence-corrected chi connectivity index (χ0v) is 8.23. The predicted octanol–water partition coefficient (Wildman–Crippen LogP) is 1.53. The third kappa shape index (κ3) is 2.22. The number of hydrogen-bond donors (Lipinski definition) is 1. The molecule has 0 spiro atoms. The molecule has 2 N–H and O–H groups in total. The zero-order chi connectivity index (χ0) is 10.7. The summed E-state index contributed by atoms with van der Waals surface area (Å²) in [6.07, 6.45) is 5.23. The topological polar surface area (TPSA) is 43.8 Å². The Hall–Kier alpha value is -1.68. The Labute approximate surface area is 87.4 Å². The smallest absolute Gasteiger partial charge is 0.123 e. The van der Waals surface area contributed by atoms with Crippen LogP contribution in [0, 0.1) is 5.82 Å². The van der Waals surface area contributed by atoms with Gasteiger partial charge in [0.1, 0.15) is 5.82 Å². The maximum atomic E-state index is 13.0. The van der Waals surface area contributed by atoms with Crippen molar-refractivity contribution in [1.29, 1.82) is 0 Å². The van der Waals surface area contributed by atoms with Crippen LogP contribution >= 0.6 is 0 Å². The second-order valence-electron chi connectivity index (χ2n) is 3.35. The summed E-state index contributed by atoms with van der Waals surface area (Å²) in [4.78, 5) is 3.93. The average Bonchev–Trinajstić information content (AvgIpc) is 2.71. The van der Waals surface area contributed by atoms with Crippen molar-refractivity contribution < 1.29 is 4.39 Å². The second-order valence-corrected chi connectivity index (χ2v) is 3.35. The van der Waals surface area contributed by atoms with Crippen LogP contribution in [0.15, 0.2) is 36.9 Å². The molecule has 0 aliphatic rings. The van der Waals surface area contributed by atoms with E-state index in [9.17, 15) is 4.39 Å². The van der Waals surface area contributed by atoms with Crippen molar-refractivity contribution in [2.24, 2.45) is 5.73 Å². The Morgan fingerprint density at radius 2 is 2.20 bits per heavy atom. The third-order valence-corrected chi connectivity index (χ3v) is 2.30. The van der Waals surface area contributed by atoms with Crippen molar-refractivity contribution in [3.05, 3.63) is 53.9 Å². The van der Waals surface area contributed by atoms with Crippen LogP contribution in [0.5, 0.6) is 0 Å². The fourth-order valence-electron chi connectivity index (χ4n) is 1.52. The molecule has 0 atom stereocenters. The number of nitrogens with zero attached hydrogens (tertiary/aromatic N) is 2. The summed E-state index contributed by atoms with van der Waals surface area (Å²) in [6, 6.07) is 4.67. The van der Waals surface area contributed by atoms with Gasteiger partial charge in [0.05, 0.1) is 6.33 Å². The first-order chi connectivity index (χ1) is 7.29. The first kappa shape index (κ1) is 9.86. The van der Waals surface area contributed by atoms with E-state index >= 15 is 0 Å². The van der Waals surface area contributed by atoms with Crippen molar-refractivity contribution in [2.45, 2.75) is 13.1 Å². The minimum Gasteiger partial charge on any atom is -0.333 e. The van der Waals surface area contributed by atoms with E-state index < -0.39 is 0 Å². The molecule has 0 fully saturated rings. The molecule has 0 amide bonds. The van der Waals surface area contributed by atoms with Gasteiger partial charge in [-0.15, -0.1) is 0 Å². The Morgan fingerprint density at radius 1 is 1.33 bits per heavy atom. The summed E-state index contributed by atoms with van der Waals surface area (Å²) in [5.41, 5.74) is 7.44. The molecule has 0 saturated carbocycles. The van der Waals surface area contributed by atoms with E-state index in [1.807, 2.05) is 10.8 Å². The Bertz CT molecular complexity index is 437. The lowest BCUT2D eigenvalue weighted by molar-refractivity contribution is 0.622. The number of rotatable bonds is 3. The number of nitrogens with two attached hydrogens (primary N) is 1. The molecular weight excluding hydrogens is 193 g/mol.